The molecule has 2 aromatic rings. The number of nitrogens with zero attached hydrogens (tertiary/aromatic N) is 3. The van der Waals surface area contributed by atoms with E-state index < -0.39 is 0 Å². The lowest BCUT2D eigenvalue weighted by Gasteiger charge is -2.22. The van der Waals surface area contributed by atoms with Gasteiger partial charge in [-0.25, -0.2) is 4.98 Å². The molecule has 2 heterocycles. The Balaban J connectivity index is 1.95. The Bertz CT molecular complexity index is 681. The average Bonchev–Trinajstić information content (AvgIpc) is 3.04. The van der Waals surface area contributed by atoms with Gasteiger partial charge in [0.2, 0.25) is 5.91 Å². The van der Waals surface area contributed by atoms with E-state index in [0.717, 1.165) is 21.3 Å². The number of thiazole rings is 1. The molecule has 0 spiro atoms. The molecule has 22 heavy (non-hydrogen) atoms. The summed E-state index contributed by atoms with van der Waals surface area (Å²) in [5.41, 5.74) is 2.30. The summed E-state index contributed by atoms with van der Waals surface area (Å²) in [6.07, 6.45) is 1.83. The second kappa shape index (κ2) is 5.93. The third kappa shape index (κ3) is 2.73. The van der Waals surface area contributed by atoms with E-state index in [9.17, 15) is 4.79 Å². The minimum atomic E-state index is -0.0391. The largest absolute Gasteiger partial charge is 0.378 e. The van der Waals surface area contributed by atoms with Gasteiger partial charge in [-0.05, 0) is 31.5 Å². The summed E-state index contributed by atoms with van der Waals surface area (Å²) < 4.78 is 0. The smallest absolute Gasteiger partial charge is 0.242 e. The summed E-state index contributed by atoms with van der Waals surface area (Å²) >= 11 is 3.25. The highest BCUT2D eigenvalue weighted by Crippen LogP contribution is 2.46. The number of hydrogen-bond donors (Lipinski definition) is 0. The van der Waals surface area contributed by atoms with Gasteiger partial charge in [0.1, 0.15) is 5.37 Å². The van der Waals surface area contributed by atoms with Crippen LogP contribution in [0.4, 0.5) is 10.8 Å². The van der Waals surface area contributed by atoms with Gasteiger partial charge in [-0.15, -0.1) is 23.1 Å². The number of thioether (sulfide) groups is 1. The maximum Gasteiger partial charge on any atom is 0.242 e. The predicted molar refractivity (Wildman–Crippen MR) is 94.9 cm³/mol. The molecule has 2 atom stereocenters. The quantitative estimate of drug-likeness (QED) is 0.858. The monoisotopic (exact) mass is 333 g/mol. The Kier molecular flexibility index (Phi) is 4.14. The molecule has 1 aliphatic heterocycles. The molecule has 0 N–H and O–H groups in total. The van der Waals surface area contributed by atoms with E-state index in [-0.39, 0.29) is 16.5 Å². The fraction of sp³-hybridized carbons (Fsp3) is 0.375. The normalized spacial score (nSPS) is 21.5. The van der Waals surface area contributed by atoms with Crippen LogP contribution in [0.5, 0.6) is 0 Å². The minimum absolute atomic E-state index is 0.00395. The van der Waals surface area contributed by atoms with Crippen LogP contribution < -0.4 is 9.80 Å². The zero-order valence-corrected chi connectivity index (χ0v) is 14.7. The molecule has 0 bridgehead atoms. The van der Waals surface area contributed by atoms with Crippen LogP contribution in [0.1, 0.15) is 22.7 Å². The number of amides is 1. The molecule has 1 amide bonds. The van der Waals surface area contributed by atoms with Gasteiger partial charge in [0.15, 0.2) is 5.13 Å². The first-order chi connectivity index (χ1) is 10.5. The number of carbonyl (C=O) groups excluding carboxylic acids is 1. The van der Waals surface area contributed by atoms with Gasteiger partial charge in [-0.2, -0.15) is 0 Å². The second-order valence-electron chi connectivity index (χ2n) is 5.58. The molecule has 1 aromatic carbocycles. The van der Waals surface area contributed by atoms with Crippen molar-refractivity contribution in [2.45, 2.75) is 24.5 Å². The van der Waals surface area contributed by atoms with Gasteiger partial charge < -0.3 is 4.90 Å². The first-order valence-corrected chi connectivity index (χ1v) is 8.91. The van der Waals surface area contributed by atoms with Gasteiger partial charge in [-0.1, -0.05) is 12.1 Å². The summed E-state index contributed by atoms with van der Waals surface area (Å²) in [5.74, 6) is 0.140. The van der Waals surface area contributed by atoms with Crippen LogP contribution >= 0.6 is 23.1 Å². The van der Waals surface area contributed by atoms with Crippen LogP contribution in [-0.2, 0) is 4.79 Å². The van der Waals surface area contributed by atoms with E-state index in [4.69, 9.17) is 0 Å². The van der Waals surface area contributed by atoms with Crippen LogP contribution in [0.2, 0.25) is 0 Å². The third-order valence-electron chi connectivity index (χ3n) is 3.66. The maximum atomic E-state index is 12.5. The van der Waals surface area contributed by atoms with Crippen molar-refractivity contribution in [2.24, 2.45) is 0 Å². The van der Waals surface area contributed by atoms with Gasteiger partial charge in [0, 0.05) is 30.9 Å². The van der Waals surface area contributed by atoms with E-state index in [0.29, 0.717) is 0 Å². The highest BCUT2D eigenvalue weighted by molar-refractivity contribution is 8.01. The molecule has 0 aliphatic carbocycles. The molecule has 116 valence electrons. The van der Waals surface area contributed by atoms with Crippen molar-refractivity contribution in [3.63, 3.8) is 0 Å². The fourth-order valence-electron chi connectivity index (χ4n) is 2.44. The third-order valence-corrected chi connectivity index (χ3v) is 5.93. The molecule has 0 saturated carbocycles. The zero-order chi connectivity index (χ0) is 15.9. The Hall–Kier alpha value is -1.53. The standard InChI is InChI=1S/C16H19N3OS2/c1-10-9-17-16(21-10)19-14(20)11(2)22-15(19)12-5-7-13(8-6-12)18(3)4/h5-9,11,15H,1-4H3. The van der Waals surface area contributed by atoms with E-state index >= 15 is 0 Å². The van der Waals surface area contributed by atoms with E-state index in [1.54, 1.807) is 23.1 Å². The highest BCUT2D eigenvalue weighted by Gasteiger charge is 2.40. The lowest BCUT2D eigenvalue weighted by atomic mass is 10.2. The number of anilines is 2. The molecule has 1 aromatic heterocycles. The van der Waals surface area contributed by atoms with Crippen LogP contribution in [0.15, 0.2) is 30.5 Å². The number of rotatable bonds is 3. The highest BCUT2D eigenvalue weighted by atomic mass is 32.2. The topological polar surface area (TPSA) is 36.4 Å². The fourth-order valence-corrected chi connectivity index (χ4v) is 4.55. The predicted octanol–water partition coefficient (Wildman–Crippen LogP) is 3.68. The summed E-state index contributed by atoms with van der Waals surface area (Å²) in [6.45, 7) is 3.98. The molecular weight excluding hydrogens is 314 g/mol. The molecule has 2 unspecified atom stereocenters. The van der Waals surface area contributed by atoms with Crippen molar-refractivity contribution in [2.75, 3.05) is 23.9 Å². The molecule has 0 radical (unpaired) electrons. The number of aryl methyl sites for hydroxylation is 1. The van der Waals surface area contributed by atoms with Gasteiger partial charge in [0.05, 0.1) is 5.25 Å². The van der Waals surface area contributed by atoms with Gasteiger partial charge >= 0.3 is 0 Å². The zero-order valence-electron chi connectivity index (χ0n) is 13.1. The Morgan fingerprint density at radius 3 is 2.45 bits per heavy atom. The SMILES string of the molecule is Cc1cnc(N2C(=O)C(C)SC2c2ccc(N(C)C)cc2)s1. The van der Waals surface area contributed by atoms with Crippen molar-refractivity contribution < 1.29 is 4.79 Å². The number of carbonyl (C=O) groups is 1. The summed E-state index contributed by atoms with van der Waals surface area (Å²) in [6, 6.07) is 8.39. The first kappa shape index (κ1) is 15.4. The van der Waals surface area contributed by atoms with Crippen LogP contribution in [-0.4, -0.2) is 30.2 Å². The van der Waals surface area contributed by atoms with Crippen molar-refractivity contribution in [3.8, 4) is 0 Å². The van der Waals surface area contributed by atoms with Gasteiger partial charge in [0.25, 0.3) is 0 Å². The lowest BCUT2D eigenvalue weighted by molar-refractivity contribution is -0.117. The summed E-state index contributed by atoms with van der Waals surface area (Å²) in [4.78, 5) is 22.0. The van der Waals surface area contributed by atoms with Crippen LogP contribution in [0.25, 0.3) is 0 Å². The Morgan fingerprint density at radius 2 is 1.91 bits per heavy atom. The molecule has 6 heteroatoms. The van der Waals surface area contributed by atoms with Crippen molar-refractivity contribution >= 4 is 39.8 Å². The van der Waals surface area contributed by atoms with Crippen molar-refractivity contribution in [1.82, 2.24) is 4.98 Å². The van der Waals surface area contributed by atoms with Gasteiger partial charge in [-0.3, -0.25) is 9.69 Å². The molecular formula is C16H19N3OS2. The number of hydrogen-bond acceptors (Lipinski definition) is 5. The average molecular weight is 333 g/mol. The summed E-state index contributed by atoms with van der Waals surface area (Å²) in [7, 11) is 4.05. The first-order valence-electron chi connectivity index (χ1n) is 7.15. The maximum absolute atomic E-state index is 12.5. The lowest BCUT2D eigenvalue weighted by Crippen LogP contribution is -2.29. The molecule has 1 aliphatic rings. The Morgan fingerprint density at radius 1 is 1.23 bits per heavy atom. The number of benzene rings is 1. The number of aromatic nitrogens is 1. The molecule has 1 fully saturated rings. The Labute approximate surface area is 139 Å². The van der Waals surface area contributed by atoms with Crippen molar-refractivity contribution in [3.05, 3.63) is 40.9 Å². The second-order valence-corrected chi connectivity index (χ2v) is 8.22. The molecule has 1 saturated heterocycles. The van der Waals surface area contributed by atoms with Crippen LogP contribution in [0.3, 0.4) is 0 Å². The van der Waals surface area contributed by atoms with Crippen molar-refractivity contribution in [1.29, 1.82) is 0 Å². The molecule has 3 rings (SSSR count). The van der Waals surface area contributed by atoms with E-state index in [1.165, 1.54) is 0 Å². The summed E-state index contributed by atoms with van der Waals surface area (Å²) in [5, 5.41) is 0.757. The molecule has 4 nitrogen and oxygen atoms in total. The van der Waals surface area contributed by atoms with E-state index in [1.807, 2.05) is 39.0 Å². The van der Waals surface area contributed by atoms with E-state index in [2.05, 4.69) is 34.1 Å². The minimum Gasteiger partial charge on any atom is -0.378 e. The van der Waals surface area contributed by atoms with Crippen LogP contribution in [0, 0.1) is 6.92 Å².